The van der Waals surface area contributed by atoms with Crippen molar-refractivity contribution in [2.75, 3.05) is 13.6 Å². The maximum Gasteiger partial charge on any atom is 0.128 e. The van der Waals surface area contributed by atoms with Gasteiger partial charge in [0.05, 0.1) is 0 Å². The third-order valence-electron chi connectivity index (χ3n) is 4.18. The zero-order valence-corrected chi connectivity index (χ0v) is 11.4. The molecule has 2 nitrogen and oxygen atoms in total. The highest BCUT2D eigenvalue weighted by atomic mass is 19.1. The number of nitrogens with zero attached hydrogens (tertiary/aromatic N) is 1. The molecule has 106 valence electrons. The minimum atomic E-state index is -0.410. The molecule has 1 aromatic rings. The van der Waals surface area contributed by atoms with Crippen LogP contribution < -0.4 is 5.73 Å². The fourth-order valence-corrected chi connectivity index (χ4v) is 3.03. The summed E-state index contributed by atoms with van der Waals surface area (Å²) in [7, 11) is 1.97. The second-order valence-corrected chi connectivity index (χ2v) is 5.37. The van der Waals surface area contributed by atoms with Crippen LogP contribution in [0.5, 0.6) is 0 Å². The number of hydrogen-bond donors (Lipinski definition) is 1. The fourth-order valence-electron chi connectivity index (χ4n) is 3.03. The third-order valence-corrected chi connectivity index (χ3v) is 4.18. The normalized spacial score (nSPS) is 18.8. The molecular formula is C15H22F2N2. The first-order chi connectivity index (χ1) is 9.13. The van der Waals surface area contributed by atoms with Gasteiger partial charge >= 0.3 is 0 Å². The van der Waals surface area contributed by atoms with Crippen LogP contribution in [0.25, 0.3) is 0 Å². The second-order valence-electron chi connectivity index (χ2n) is 5.37. The molecule has 2 rings (SSSR count). The van der Waals surface area contributed by atoms with Crippen LogP contribution in [0.4, 0.5) is 8.78 Å². The second kappa shape index (κ2) is 6.44. The SMILES string of the molecule is CN(C1CCCCC1)C(CN)c1cc(F)ccc1F. The molecule has 0 spiro atoms. The number of likely N-dealkylation sites (N-methyl/N-ethyl adjacent to an activating group) is 1. The quantitative estimate of drug-likeness (QED) is 0.908. The molecule has 0 saturated heterocycles. The Morgan fingerprint density at radius 3 is 2.58 bits per heavy atom. The van der Waals surface area contributed by atoms with Gasteiger partial charge in [0.2, 0.25) is 0 Å². The highest BCUT2D eigenvalue weighted by molar-refractivity contribution is 5.23. The van der Waals surface area contributed by atoms with Gasteiger partial charge in [-0.15, -0.1) is 0 Å². The van der Waals surface area contributed by atoms with E-state index >= 15 is 0 Å². The number of rotatable bonds is 4. The van der Waals surface area contributed by atoms with Gasteiger partial charge < -0.3 is 5.73 Å². The Balaban J connectivity index is 2.20. The van der Waals surface area contributed by atoms with Gasteiger partial charge in [0, 0.05) is 24.2 Å². The molecule has 1 unspecified atom stereocenters. The molecule has 1 aliphatic rings. The molecule has 0 bridgehead atoms. The van der Waals surface area contributed by atoms with E-state index in [1.165, 1.54) is 31.4 Å². The van der Waals surface area contributed by atoms with Crippen molar-refractivity contribution in [3.05, 3.63) is 35.4 Å². The van der Waals surface area contributed by atoms with Gasteiger partial charge in [0.15, 0.2) is 0 Å². The van der Waals surface area contributed by atoms with Crippen molar-refractivity contribution in [3.63, 3.8) is 0 Å². The summed E-state index contributed by atoms with van der Waals surface area (Å²) >= 11 is 0. The topological polar surface area (TPSA) is 29.3 Å². The minimum absolute atomic E-state index is 0.251. The summed E-state index contributed by atoms with van der Waals surface area (Å²) in [5.41, 5.74) is 6.17. The molecule has 0 amide bonds. The zero-order valence-electron chi connectivity index (χ0n) is 11.4. The largest absolute Gasteiger partial charge is 0.329 e. The Morgan fingerprint density at radius 1 is 1.26 bits per heavy atom. The van der Waals surface area contributed by atoms with Gasteiger partial charge in [-0.05, 0) is 38.1 Å². The van der Waals surface area contributed by atoms with E-state index in [1.807, 2.05) is 7.05 Å². The number of hydrogen-bond acceptors (Lipinski definition) is 2. The minimum Gasteiger partial charge on any atom is -0.329 e. The van der Waals surface area contributed by atoms with Crippen molar-refractivity contribution in [3.8, 4) is 0 Å². The third kappa shape index (κ3) is 3.31. The Morgan fingerprint density at radius 2 is 1.95 bits per heavy atom. The number of benzene rings is 1. The van der Waals surface area contributed by atoms with Gasteiger partial charge in [-0.25, -0.2) is 8.78 Å². The van der Waals surface area contributed by atoms with Crippen molar-refractivity contribution >= 4 is 0 Å². The molecule has 4 heteroatoms. The molecule has 0 aromatic heterocycles. The van der Waals surface area contributed by atoms with E-state index in [0.717, 1.165) is 18.9 Å². The van der Waals surface area contributed by atoms with Crippen molar-refractivity contribution < 1.29 is 8.78 Å². The van der Waals surface area contributed by atoms with Gasteiger partial charge in [-0.2, -0.15) is 0 Å². The first kappa shape index (κ1) is 14.4. The molecule has 1 fully saturated rings. The van der Waals surface area contributed by atoms with E-state index in [0.29, 0.717) is 18.2 Å². The van der Waals surface area contributed by atoms with Gasteiger partial charge in [-0.1, -0.05) is 19.3 Å². The molecular weight excluding hydrogens is 246 g/mol. The van der Waals surface area contributed by atoms with Gasteiger partial charge in [0.1, 0.15) is 11.6 Å². The Bertz CT molecular complexity index is 417. The van der Waals surface area contributed by atoms with Crippen LogP contribution in [0.3, 0.4) is 0 Å². The summed E-state index contributed by atoms with van der Waals surface area (Å²) in [6.45, 7) is 0.299. The smallest absolute Gasteiger partial charge is 0.128 e. The standard InChI is InChI=1S/C15H22F2N2/c1-19(12-5-3-2-4-6-12)15(10-18)13-9-11(16)7-8-14(13)17/h7-9,12,15H,2-6,10,18H2,1H3. The van der Waals surface area contributed by atoms with Crippen LogP contribution in [0.1, 0.15) is 43.7 Å². The Labute approximate surface area is 113 Å². The summed E-state index contributed by atoms with van der Waals surface area (Å²) in [4.78, 5) is 2.12. The van der Waals surface area contributed by atoms with E-state index < -0.39 is 5.82 Å². The summed E-state index contributed by atoms with van der Waals surface area (Å²) in [5, 5.41) is 0. The van der Waals surface area contributed by atoms with Crippen molar-refractivity contribution in [2.24, 2.45) is 5.73 Å². The fraction of sp³-hybridized carbons (Fsp3) is 0.600. The molecule has 1 atom stereocenters. The van der Waals surface area contributed by atoms with Crippen LogP contribution in [0, 0.1) is 11.6 Å². The average Bonchev–Trinajstić information content (AvgIpc) is 2.44. The van der Waals surface area contributed by atoms with Gasteiger partial charge in [-0.3, -0.25) is 4.90 Å². The number of nitrogens with two attached hydrogens (primary N) is 1. The van der Waals surface area contributed by atoms with Crippen LogP contribution in [-0.2, 0) is 0 Å². The molecule has 1 aliphatic carbocycles. The lowest BCUT2D eigenvalue weighted by molar-refractivity contribution is 0.138. The molecule has 0 radical (unpaired) electrons. The molecule has 2 N–H and O–H groups in total. The molecule has 19 heavy (non-hydrogen) atoms. The van der Waals surface area contributed by atoms with Crippen LogP contribution >= 0.6 is 0 Å². The summed E-state index contributed by atoms with van der Waals surface area (Å²) < 4.78 is 27.2. The first-order valence-corrected chi connectivity index (χ1v) is 7.00. The van der Waals surface area contributed by atoms with Crippen molar-refractivity contribution in [2.45, 2.75) is 44.2 Å². The van der Waals surface area contributed by atoms with Crippen molar-refractivity contribution in [1.29, 1.82) is 0 Å². The van der Waals surface area contributed by atoms with Crippen LogP contribution in [0.15, 0.2) is 18.2 Å². The van der Waals surface area contributed by atoms with Crippen LogP contribution in [-0.4, -0.2) is 24.5 Å². The maximum atomic E-state index is 13.9. The summed E-state index contributed by atoms with van der Waals surface area (Å²) in [6, 6.07) is 3.77. The van der Waals surface area contributed by atoms with E-state index in [2.05, 4.69) is 4.90 Å². The highest BCUT2D eigenvalue weighted by Gasteiger charge is 2.26. The number of halogens is 2. The highest BCUT2D eigenvalue weighted by Crippen LogP contribution is 2.29. The lowest BCUT2D eigenvalue weighted by Gasteiger charge is -2.37. The van der Waals surface area contributed by atoms with E-state index in [9.17, 15) is 8.78 Å². The zero-order chi connectivity index (χ0) is 13.8. The lowest BCUT2D eigenvalue weighted by atomic mass is 9.92. The Kier molecular flexibility index (Phi) is 4.88. The predicted octanol–water partition coefficient (Wildman–Crippen LogP) is 3.23. The monoisotopic (exact) mass is 268 g/mol. The van der Waals surface area contributed by atoms with Crippen LogP contribution in [0.2, 0.25) is 0 Å². The molecule has 1 saturated carbocycles. The average molecular weight is 268 g/mol. The van der Waals surface area contributed by atoms with Crippen molar-refractivity contribution in [1.82, 2.24) is 4.90 Å². The predicted molar refractivity (Wildman–Crippen MR) is 72.8 cm³/mol. The van der Waals surface area contributed by atoms with E-state index in [4.69, 9.17) is 5.73 Å². The maximum absolute atomic E-state index is 13.9. The Hall–Kier alpha value is -1.00. The molecule has 1 aromatic carbocycles. The van der Waals surface area contributed by atoms with E-state index in [1.54, 1.807) is 0 Å². The lowest BCUT2D eigenvalue weighted by Crippen LogP contribution is -2.40. The van der Waals surface area contributed by atoms with Gasteiger partial charge in [0.25, 0.3) is 0 Å². The first-order valence-electron chi connectivity index (χ1n) is 7.00. The summed E-state index contributed by atoms with van der Waals surface area (Å²) in [5.74, 6) is -0.786. The summed E-state index contributed by atoms with van der Waals surface area (Å²) in [6.07, 6.45) is 5.91. The molecule has 0 aliphatic heterocycles. The van der Waals surface area contributed by atoms with E-state index in [-0.39, 0.29) is 11.9 Å². The molecule has 0 heterocycles.